The highest BCUT2D eigenvalue weighted by Crippen LogP contribution is 2.27. The van der Waals surface area contributed by atoms with Gasteiger partial charge in [-0.25, -0.2) is 0 Å². The largest absolute Gasteiger partial charge is 0.351 e. The Morgan fingerprint density at radius 3 is 2.42 bits per heavy atom. The molecule has 2 fully saturated rings. The number of hydrogen-bond donors (Lipinski definition) is 1. The van der Waals surface area contributed by atoms with Gasteiger partial charge in [-0.3, -0.25) is 0 Å². The molecule has 2 unspecified atom stereocenters. The van der Waals surface area contributed by atoms with E-state index in [1.165, 1.54) is 19.3 Å². The lowest BCUT2D eigenvalue weighted by atomic mass is 9.92. The summed E-state index contributed by atoms with van der Waals surface area (Å²) in [5.74, 6) is 2.66. The maximum Gasteiger partial charge on any atom is 0.231 e. The fourth-order valence-electron chi connectivity index (χ4n) is 2.78. The number of anilines is 2. The first-order valence-corrected chi connectivity index (χ1v) is 7.41. The molecule has 0 radical (unpaired) electrons. The fraction of sp³-hybridized carbons (Fsp3) is 0.769. The lowest BCUT2D eigenvalue weighted by Crippen LogP contribution is -2.39. The second-order valence-corrected chi connectivity index (χ2v) is 6.34. The van der Waals surface area contributed by atoms with Crippen LogP contribution in [0.15, 0.2) is 0 Å². The highest BCUT2D eigenvalue weighted by Gasteiger charge is 2.26. The van der Waals surface area contributed by atoms with Crippen LogP contribution in [-0.4, -0.2) is 34.1 Å². The van der Waals surface area contributed by atoms with E-state index in [2.05, 4.69) is 39.0 Å². The first kappa shape index (κ1) is 12.9. The first-order valence-electron chi connectivity index (χ1n) is 7.03. The second kappa shape index (κ2) is 5.12. The summed E-state index contributed by atoms with van der Waals surface area (Å²) in [6, 6.07) is 0.519. The smallest absolute Gasteiger partial charge is 0.231 e. The summed E-state index contributed by atoms with van der Waals surface area (Å²) in [6.07, 6.45) is 3.65. The summed E-state index contributed by atoms with van der Waals surface area (Å²) < 4.78 is 0. The molecule has 0 spiro atoms. The van der Waals surface area contributed by atoms with Crippen molar-refractivity contribution in [3.05, 3.63) is 5.28 Å². The molecular weight excluding hydrogens is 262 g/mol. The normalized spacial score (nSPS) is 27.4. The summed E-state index contributed by atoms with van der Waals surface area (Å²) >= 11 is 6.02. The SMILES string of the molecule is CC1CC(C)CN(c2nc(Cl)nc(NC3CC3)n2)C1. The van der Waals surface area contributed by atoms with Gasteiger partial charge in [0.15, 0.2) is 0 Å². The summed E-state index contributed by atoms with van der Waals surface area (Å²) in [7, 11) is 0. The third-order valence-corrected chi connectivity index (χ3v) is 3.83. The number of nitrogens with one attached hydrogen (secondary N) is 1. The van der Waals surface area contributed by atoms with Crippen molar-refractivity contribution in [2.45, 2.75) is 39.2 Å². The maximum absolute atomic E-state index is 6.02. The van der Waals surface area contributed by atoms with Gasteiger partial charge in [-0.1, -0.05) is 13.8 Å². The van der Waals surface area contributed by atoms with Gasteiger partial charge >= 0.3 is 0 Å². The van der Waals surface area contributed by atoms with Crippen LogP contribution in [0.3, 0.4) is 0 Å². The van der Waals surface area contributed by atoms with Gasteiger partial charge in [0.1, 0.15) is 0 Å². The van der Waals surface area contributed by atoms with Gasteiger partial charge in [0.25, 0.3) is 0 Å². The summed E-state index contributed by atoms with van der Waals surface area (Å²) in [5.41, 5.74) is 0. The molecule has 3 rings (SSSR count). The molecule has 1 aliphatic heterocycles. The molecule has 1 aromatic rings. The number of rotatable bonds is 3. The van der Waals surface area contributed by atoms with Crippen molar-refractivity contribution in [1.82, 2.24) is 15.0 Å². The predicted molar refractivity (Wildman–Crippen MR) is 76.6 cm³/mol. The van der Waals surface area contributed by atoms with Crippen molar-refractivity contribution in [3.8, 4) is 0 Å². The molecule has 2 heterocycles. The highest BCUT2D eigenvalue weighted by atomic mass is 35.5. The van der Waals surface area contributed by atoms with Gasteiger partial charge in [0.05, 0.1) is 0 Å². The number of nitrogens with zero attached hydrogens (tertiary/aromatic N) is 4. The van der Waals surface area contributed by atoms with Gasteiger partial charge in [-0.2, -0.15) is 15.0 Å². The predicted octanol–water partition coefficient (Wildman–Crippen LogP) is 2.58. The van der Waals surface area contributed by atoms with Crippen LogP contribution < -0.4 is 10.2 Å². The lowest BCUT2D eigenvalue weighted by molar-refractivity contribution is 0.353. The number of piperidine rings is 1. The molecule has 6 heteroatoms. The Labute approximate surface area is 118 Å². The van der Waals surface area contributed by atoms with E-state index in [1.54, 1.807) is 0 Å². The van der Waals surface area contributed by atoms with Crippen LogP contribution in [0.25, 0.3) is 0 Å². The van der Waals surface area contributed by atoms with Gasteiger partial charge in [-0.05, 0) is 42.7 Å². The Balaban J connectivity index is 1.80. The van der Waals surface area contributed by atoms with Crippen molar-refractivity contribution in [1.29, 1.82) is 0 Å². The molecule has 1 N–H and O–H groups in total. The first-order chi connectivity index (χ1) is 9.10. The number of hydrogen-bond acceptors (Lipinski definition) is 5. The van der Waals surface area contributed by atoms with Gasteiger partial charge in [0.2, 0.25) is 17.2 Å². The third kappa shape index (κ3) is 3.26. The lowest BCUT2D eigenvalue weighted by Gasteiger charge is -2.34. The van der Waals surface area contributed by atoms with Crippen LogP contribution in [0.5, 0.6) is 0 Å². The zero-order valence-corrected chi connectivity index (χ0v) is 12.2. The van der Waals surface area contributed by atoms with Crippen molar-refractivity contribution in [2.24, 2.45) is 11.8 Å². The van der Waals surface area contributed by atoms with E-state index < -0.39 is 0 Å². The van der Waals surface area contributed by atoms with Crippen molar-refractivity contribution < 1.29 is 0 Å². The van der Waals surface area contributed by atoms with Gasteiger partial charge in [0, 0.05) is 19.1 Å². The van der Waals surface area contributed by atoms with E-state index in [4.69, 9.17) is 11.6 Å². The van der Waals surface area contributed by atoms with E-state index >= 15 is 0 Å². The molecule has 0 aromatic carbocycles. The Hall–Kier alpha value is -1.10. The standard InChI is InChI=1S/C13H20ClN5/c1-8-5-9(2)7-19(6-8)13-17-11(14)16-12(18-13)15-10-3-4-10/h8-10H,3-7H2,1-2H3,(H,15,16,17,18). The van der Waals surface area contributed by atoms with Crippen LogP contribution >= 0.6 is 11.6 Å². The van der Waals surface area contributed by atoms with E-state index in [0.717, 1.165) is 13.1 Å². The third-order valence-electron chi connectivity index (χ3n) is 3.66. The number of aromatic nitrogens is 3. The average Bonchev–Trinajstić information content (AvgIpc) is 3.11. The molecular formula is C13H20ClN5. The molecule has 5 nitrogen and oxygen atoms in total. The van der Waals surface area contributed by atoms with Crippen LogP contribution in [0.2, 0.25) is 5.28 Å². The maximum atomic E-state index is 6.02. The fourth-order valence-corrected chi connectivity index (χ4v) is 2.94. The van der Waals surface area contributed by atoms with Crippen LogP contribution in [-0.2, 0) is 0 Å². The van der Waals surface area contributed by atoms with E-state index in [-0.39, 0.29) is 5.28 Å². The zero-order chi connectivity index (χ0) is 13.4. The number of halogens is 1. The Morgan fingerprint density at radius 1 is 1.11 bits per heavy atom. The van der Waals surface area contributed by atoms with Crippen LogP contribution in [0, 0.1) is 11.8 Å². The quantitative estimate of drug-likeness (QED) is 0.923. The topological polar surface area (TPSA) is 53.9 Å². The van der Waals surface area contributed by atoms with E-state index in [1.807, 2.05) is 0 Å². The molecule has 2 aliphatic rings. The molecule has 19 heavy (non-hydrogen) atoms. The molecule has 104 valence electrons. The molecule has 2 atom stereocenters. The molecule has 1 saturated heterocycles. The minimum Gasteiger partial charge on any atom is -0.351 e. The highest BCUT2D eigenvalue weighted by molar-refractivity contribution is 6.28. The minimum atomic E-state index is 0.277. The van der Waals surface area contributed by atoms with Crippen LogP contribution in [0.4, 0.5) is 11.9 Å². The van der Waals surface area contributed by atoms with Crippen LogP contribution in [0.1, 0.15) is 33.1 Å². The monoisotopic (exact) mass is 281 g/mol. The molecule has 1 aromatic heterocycles. The molecule has 1 saturated carbocycles. The van der Waals surface area contributed by atoms with E-state index in [0.29, 0.717) is 29.8 Å². The Bertz CT molecular complexity index is 452. The Kier molecular flexibility index (Phi) is 3.48. The molecule has 0 bridgehead atoms. The summed E-state index contributed by atoms with van der Waals surface area (Å²) in [5, 5.41) is 3.56. The van der Waals surface area contributed by atoms with Gasteiger partial charge in [-0.15, -0.1) is 0 Å². The summed E-state index contributed by atoms with van der Waals surface area (Å²) in [4.78, 5) is 15.2. The minimum absolute atomic E-state index is 0.277. The van der Waals surface area contributed by atoms with E-state index in [9.17, 15) is 0 Å². The molecule has 0 amide bonds. The Morgan fingerprint density at radius 2 is 1.79 bits per heavy atom. The van der Waals surface area contributed by atoms with Gasteiger partial charge < -0.3 is 10.2 Å². The summed E-state index contributed by atoms with van der Waals surface area (Å²) in [6.45, 7) is 6.53. The second-order valence-electron chi connectivity index (χ2n) is 6.00. The average molecular weight is 282 g/mol. The van der Waals surface area contributed by atoms with Crippen molar-refractivity contribution in [3.63, 3.8) is 0 Å². The molecule has 1 aliphatic carbocycles. The van der Waals surface area contributed by atoms with Crippen molar-refractivity contribution >= 4 is 23.5 Å². The zero-order valence-electron chi connectivity index (χ0n) is 11.4. The van der Waals surface area contributed by atoms with Crippen molar-refractivity contribution in [2.75, 3.05) is 23.3 Å².